The Balaban J connectivity index is 2.07. The first-order chi connectivity index (χ1) is 8.54. The average Bonchev–Trinajstić information content (AvgIpc) is 2.66. The van der Waals surface area contributed by atoms with Gasteiger partial charge >= 0.3 is 0 Å². The predicted molar refractivity (Wildman–Crippen MR) is 67.3 cm³/mol. The molecule has 0 bridgehead atoms. The topological polar surface area (TPSA) is 72.2 Å². The monoisotopic (exact) mass is 246 g/mol. The molecule has 1 aromatic carbocycles. The molecule has 18 heavy (non-hydrogen) atoms. The van der Waals surface area contributed by atoms with E-state index in [1.807, 2.05) is 0 Å². The van der Waals surface area contributed by atoms with Crippen molar-refractivity contribution in [3.05, 3.63) is 24.1 Å². The number of hydrogen-bond acceptors (Lipinski definition) is 4. The summed E-state index contributed by atoms with van der Waals surface area (Å²) < 4.78 is 5.37. The molecule has 1 N–H and O–H groups in total. The lowest BCUT2D eigenvalue weighted by molar-refractivity contribution is -0.121. The van der Waals surface area contributed by atoms with Crippen LogP contribution in [-0.2, 0) is 9.59 Å². The van der Waals surface area contributed by atoms with E-state index in [0.717, 1.165) is 5.52 Å². The molecule has 0 saturated heterocycles. The van der Waals surface area contributed by atoms with Gasteiger partial charge in [-0.05, 0) is 19.1 Å². The fourth-order valence-corrected chi connectivity index (χ4v) is 1.63. The standard InChI is InChI=1S/C13H14N2O3/c1-8(16)3-6-13(17)15-10-4-5-11-12(7-10)18-9(2)14-11/h4-5,7H,3,6H2,1-2H3,(H,15,17). The first-order valence-electron chi connectivity index (χ1n) is 5.71. The molecule has 5 nitrogen and oxygen atoms in total. The third-order valence-corrected chi connectivity index (χ3v) is 2.48. The maximum atomic E-state index is 11.5. The minimum absolute atomic E-state index is 0.00598. The van der Waals surface area contributed by atoms with Crippen LogP contribution in [0.5, 0.6) is 0 Å². The Morgan fingerprint density at radius 3 is 2.83 bits per heavy atom. The lowest BCUT2D eigenvalue weighted by Gasteiger charge is -2.03. The summed E-state index contributed by atoms with van der Waals surface area (Å²) in [5, 5.41) is 2.72. The molecule has 0 unspecified atom stereocenters. The van der Waals surface area contributed by atoms with Gasteiger partial charge in [-0.25, -0.2) is 4.98 Å². The summed E-state index contributed by atoms with van der Waals surface area (Å²) in [5.41, 5.74) is 2.04. The number of carbonyl (C=O) groups is 2. The molecule has 0 aliphatic heterocycles. The lowest BCUT2D eigenvalue weighted by atomic mass is 10.2. The van der Waals surface area contributed by atoms with E-state index < -0.39 is 0 Å². The highest BCUT2D eigenvalue weighted by Crippen LogP contribution is 2.19. The van der Waals surface area contributed by atoms with E-state index in [9.17, 15) is 9.59 Å². The van der Waals surface area contributed by atoms with Crippen molar-refractivity contribution in [2.75, 3.05) is 5.32 Å². The van der Waals surface area contributed by atoms with E-state index >= 15 is 0 Å². The number of rotatable bonds is 4. The zero-order valence-electron chi connectivity index (χ0n) is 10.3. The smallest absolute Gasteiger partial charge is 0.224 e. The normalized spacial score (nSPS) is 10.6. The van der Waals surface area contributed by atoms with Gasteiger partial charge in [0.25, 0.3) is 0 Å². The number of oxazole rings is 1. The Hall–Kier alpha value is -2.17. The number of aromatic nitrogens is 1. The Morgan fingerprint density at radius 1 is 1.33 bits per heavy atom. The van der Waals surface area contributed by atoms with Gasteiger partial charge in [-0.2, -0.15) is 0 Å². The number of ketones is 1. The molecule has 1 amide bonds. The zero-order chi connectivity index (χ0) is 13.1. The number of nitrogens with one attached hydrogen (secondary N) is 1. The summed E-state index contributed by atoms with van der Waals surface area (Å²) in [5.74, 6) is 0.414. The Kier molecular flexibility index (Phi) is 3.41. The van der Waals surface area contributed by atoms with Gasteiger partial charge in [0.2, 0.25) is 5.91 Å². The average molecular weight is 246 g/mol. The molecule has 0 aliphatic rings. The second-order valence-corrected chi connectivity index (χ2v) is 4.17. The number of amides is 1. The highest BCUT2D eigenvalue weighted by molar-refractivity contribution is 5.94. The van der Waals surface area contributed by atoms with Gasteiger partial charge < -0.3 is 14.5 Å². The van der Waals surface area contributed by atoms with Gasteiger partial charge in [0, 0.05) is 31.5 Å². The van der Waals surface area contributed by atoms with Gasteiger partial charge in [0.05, 0.1) is 0 Å². The van der Waals surface area contributed by atoms with Gasteiger partial charge in [0.1, 0.15) is 11.3 Å². The third-order valence-electron chi connectivity index (χ3n) is 2.48. The highest BCUT2D eigenvalue weighted by Gasteiger charge is 2.07. The number of aryl methyl sites for hydroxylation is 1. The number of nitrogens with zero attached hydrogens (tertiary/aromatic N) is 1. The van der Waals surface area contributed by atoms with Gasteiger partial charge in [-0.3, -0.25) is 4.79 Å². The molecule has 0 radical (unpaired) electrons. The van der Waals surface area contributed by atoms with Crippen LogP contribution in [0.3, 0.4) is 0 Å². The molecule has 0 aliphatic carbocycles. The maximum Gasteiger partial charge on any atom is 0.224 e. The molecular weight excluding hydrogens is 232 g/mol. The van der Waals surface area contributed by atoms with Crippen molar-refractivity contribution >= 4 is 28.5 Å². The van der Waals surface area contributed by atoms with E-state index in [2.05, 4.69) is 10.3 Å². The van der Waals surface area contributed by atoms with E-state index in [1.165, 1.54) is 6.92 Å². The summed E-state index contributed by atoms with van der Waals surface area (Å²) >= 11 is 0. The van der Waals surface area contributed by atoms with Crippen LogP contribution in [-0.4, -0.2) is 16.7 Å². The van der Waals surface area contributed by atoms with Crippen LogP contribution in [0.1, 0.15) is 25.7 Å². The van der Waals surface area contributed by atoms with Crippen molar-refractivity contribution in [2.24, 2.45) is 0 Å². The Bertz CT molecular complexity index is 601. The highest BCUT2D eigenvalue weighted by atomic mass is 16.3. The molecular formula is C13H14N2O3. The lowest BCUT2D eigenvalue weighted by Crippen LogP contribution is -2.12. The molecule has 5 heteroatoms. The van der Waals surface area contributed by atoms with Gasteiger partial charge in [-0.15, -0.1) is 0 Å². The second kappa shape index (κ2) is 5.00. The molecule has 0 spiro atoms. The van der Waals surface area contributed by atoms with E-state index in [0.29, 0.717) is 17.2 Å². The van der Waals surface area contributed by atoms with Crippen LogP contribution in [0.25, 0.3) is 11.1 Å². The minimum atomic E-state index is -0.180. The maximum absolute atomic E-state index is 11.5. The minimum Gasteiger partial charge on any atom is -0.441 e. The van der Waals surface area contributed by atoms with Crippen LogP contribution in [0.15, 0.2) is 22.6 Å². The van der Waals surface area contributed by atoms with Crippen molar-refractivity contribution in [3.63, 3.8) is 0 Å². The van der Waals surface area contributed by atoms with Crippen molar-refractivity contribution in [1.82, 2.24) is 4.98 Å². The van der Waals surface area contributed by atoms with Crippen LogP contribution in [0.2, 0.25) is 0 Å². The molecule has 0 fully saturated rings. The van der Waals surface area contributed by atoms with E-state index in [1.54, 1.807) is 25.1 Å². The summed E-state index contributed by atoms with van der Waals surface area (Å²) in [7, 11) is 0. The van der Waals surface area contributed by atoms with Crippen molar-refractivity contribution in [2.45, 2.75) is 26.7 Å². The molecule has 2 rings (SSSR count). The molecule has 1 heterocycles. The number of anilines is 1. The Labute approximate surface area is 104 Å². The van der Waals surface area contributed by atoms with Crippen molar-refractivity contribution in [3.8, 4) is 0 Å². The van der Waals surface area contributed by atoms with Crippen LogP contribution >= 0.6 is 0 Å². The third kappa shape index (κ3) is 2.94. The SMILES string of the molecule is CC(=O)CCC(=O)Nc1ccc2nc(C)oc2c1. The van der Waals surface area contributed by atoms with Crippen molar-refractivity contribution < 1.29 is 14.0 Å². The molecule has 0 atom stereocenters. The Morgan fingerprint density at radius 2 is 2.11 bits per heavy atom. The number of fused-ring (bicyclic) bond motifs is 1. The summed E-state index contributed by atoms with van der Waals surface area (Å²) in [6.45, 7) is 3.24. The summed E-state index contributed by atoms with van der Waals surface area (Å²) in [6.07, 6.45) is 0.457. The number of hydrogen-bond donors (Lipinski definition) is 1. The largest absolute Gasteiger partial charge is 0.441 e. The van der Waals surface area contributed by atoms with Crippen LogP contribution in [0.4, 0.5) is 5.69 Å². The fourth-order valence-electron chi connectivity index (χ4n) is 1.63. The molecule has 2 aromatic rings. The van der Waals surface area contributed by atoms with E-state index in [-0.39, 0.29) is 24.5 Å². The first kappa shape index (κ1) is 12.3. The molecule has 0 saturated carbocycles. The number of Topliss-reactive ketones (excluding diaryl/α,β-unsaturated/α-hetero) is 1. The summed E-state index contributed by atoms with van der Waals surface area (Å²) in [6, 6.07) is 5.27. The van der Waals surface area contributed by atoms with Crippen LogP contribution < -0.4 is 5.32 Å². The fraction of sp³-hybridized carbons (Fsp3) is 0.308. The second-order valence-electron chi connectivity index (χ2n) is 4.17. The molecule has 1 aromatic heterocycles. The summed E-state index contributed by atoms with van der Waals surface area (Å²) in [4.78, 5) is 26.5. The number of benzene rings is 1. The van der Waals surface area contributed by atoms with E-state index in [4.69, 9.17) is 4.42 Å². The van der Waals surface area contributed by atoms with Gasteiger partial charge in [0.15, 0.2) is 11.5 Å². The first-order valence-corrected chi connectivity index (χ1v) is 5.71. The quantitative estimate of drug-likeness (QED) is 0.899. The zero-order valence-corrected chi connectivity index (χ0v) is 10.3. The molecule has 94 valence electrons. The van der Waals surface area contributed by atoms with Crippen LogP contribution in [0, 0.1) is 6.92 Å². The predicted octanol–water partition coefficient (Wildman–Crippen LogP) is 2.44. The number of carbonyl (C=O) groups excluding carboxylic acids is 2. The van der Waals surface area contributed by atoms with Crippen molar-refractivity contribution in [1.29, 1.82) is 0 Å². The van der Waals surface area contributed by atoms with Gasteiger partial charge in [-0.1, -0.05) is 0 Å².